The van der Waals surface area contributed by atoms with E-state index in [0.717, 1.165) is 12.1 Å². The summed E-state index contributed by atoms with van der Waals surface area (Å²) >= 11 is 12.3. The third-order valence-corrected chi connectivity index (χ3v) is 8.14. The van der Waals surface area contributed by atoms with Crippen LogP contribution < -0.4 is 10.3 Å². The highest BCUT2D eigenvalue weighted by Crippen LogP contribution is 2.31. The Hall–Kier alpha value is -3.32. The summed E-state index contributed by atoms with van der Waals surface area (Å²) in [6.07, 6.45) is 0. The number of para-hydroxylation sites is 1. The van der Waals surface area contributed by atoms with Crippen LogP contribution in [0.2, 0.25) is 10.0 Å². The van der Waals surface area contributed by atoms with Crippen molar-refractivity contribution in [3.63, 3.8) is 0 Å². The van der Waals surface area contributed by atoms with Gasteiger partial charge in [-0.15, -0.1) is 0 Å². The largest absolute Gasteiger partial charge is 0.452 e. The van der Waals surface area contributed by atoms with Gasteiger partial charge in [0.15, 0.2) is 6.61 Å². The van der Waals surface area contributed by atoms with Gasteiger partial charge in [-0.1, -0.05) is 41.4 Å². The Morgan fingerprint density at radius 2 is 1.74 bits per heavy atom. The van der Waals surface area contributed by atoms with Gasteiger partial charge in [-0.05, 0) is 31.2 Å². The number of amides is 1. The third kappa shape index (κ3) is 5.58. The van der Waals surface area contributed by atoms with Gasteiger partial charge in [0.05, 0.1) is 40.2 Å². The van der Waals surface area contributed by atoms with E-state index in [-0.39, 0.29) is 21.3 Å². The summed E-state index contributed by atoms with van der Waals surface area (Å²) in [4.78, 5) is 39.1. The molecular weight excluding hydrogens is 559 g/mol. The van der Waals surface area contributed by atoms with Crippen molar-refractivity contribution >= 4 is 50.8 Å². The number of carbonyl (C=O) groups is 2. The van der Waals surface area contributed by atoms with Crippen molar-refractivity contribution in [1.29, 1.82) is 0 Å². The average molecular weight is 583 g/mol. The molecule has 14 heteroatoms. The van der Waals surface area contributed by atoms with E-state index in [4.69, 9.17) is 32.7 Å². The van der Waals surface area contributed by atoms with Gasteiger partial charge in [0.2, 0.25) is 0 Å². The van der Waals surface area contributed by atoms with Crippen LogP contribution in [0.1, 0.15) is 16.1 Å². The Morgan fingerprint density at radius 3 is 2.39 bits per heavy atom. The van der Waals surface area contributed by atoms with Crippen molar-refractivity contribution < 1.29 is 27.5 Å². The van der Waals surface area contributed by atoms with Gasteiger partial charge in [0.25, 0.3) is 21.5 Å². The van der Waals surface area contributed by atoms with Crippen LogP contribution in [0.25, 0.3) is 5.69 Å². The number of ether oxygens (including phenoxy) is 2. The first-order chi connectivity index (χ1) is 18.0. The lowest BCUT2D eigenvalue weighted by Crippen LogP contribution is -2.42. The van der Waals surface area contributed by atoms with Crippen LogP contribution in [-0.4, -0.2) is 67.5 Å². The molecule has 0 radical (unpaired) electrons. The van der Waals surface area contributed by atoms with Crippen molar-refractivity contribution in [2.24, 2.45) is 7.05 Å². The molecule has 2 heterocycles. The first-order valence-electron chi connectivity index (χ1n) is 11.4. The van der Waals surface area contributed by atoms with E-state index in [1.54, 1.807) is 44.3 Å². The maximum absolute atomic E-state index is 13.3. The minimum atomic E-state index is -4.46. The number of anilines is 1. The molecule has 1 aliphatic rings. The Labute approximate surface area is 228 Å². The highest BCUT2D eigenvalue weighted by molar-refractivity contribution is 7.92. The summed E-state index contributed by atoms with van der Waals surface area (Å²) in [7, 11) is -2.85. The quantitative estimate of drug-likeness (QED) is 0.424. The Kier molecular flexibility index (Phi) is 8.16. The zero-order chi connectivity index (χ0) is 27.6. The number of morpholine rings is 1. The summed E-state index contributed by atoms with van der Waals surface area (Å²) in [5.41, 5.74) is -0.227. The van der Waals surface area contributed by atoms with Crippen molar-refractivity contribution in [3.05, 3.63) is 74.1 Å². The van der Waals surface area contributed by atoms with Crippen LogP contribution >= 0.6 is 23.2 Å². The SMILES string of the molecule is Cc1c(NS(=O)(=O)c2cc(C(=O)OCC(=O)N3CCOCC3)c(Cl)cc2Cl)c(=O)n(-c2ccccc2)n1C. The zero-order valence-electron chi connectivity index (χ0n) is 20.4. The van der Waals surface area contributed by atoms with Crippen molar-refractivity contribution in [1.82, 2.24) is 14.3 Å². The predicted octanol–water partition coefficient (Wildman–Crippen LogP) is 2.61. The first-order valence-corrected chi connectivity index (χ1v) is 13.6. The standard InChI is InChI=1S/C24H24Cl2N4O7S/c1-15-22(23(32)30(28(15)2)16-6-4-3-5-7-16)27-38(34,35)20-12-17(18(25)13-19(20)26)24(33)37-14-21(31)29-8-10-36-11-9-29/h3-7,12-13,27H,8-11,14H2,1-2H3. The second-order valence-electron chi connectivity index (χ2n) is 8.37. The van der Waals surface area contributed by atoms with Crippen LogP contribution in [0.5, 0.6) is 0 Å². The number of esters is 1. The molecule has 1 aliphatic heterocycles. The van der Waals surface area contributed by atoms with Crippen LogP contribution in [0.15, 0.2) is 52.2 Å². The van der Waals surface area contributed by atoms with Gasteiger partial charge in [-0.25, -0.2) is 17.9 Å². The van der Waals surface area contributed by atoms with E-state index in [1.807, 2.05) is 0 Å². The number of hydrogen-bond donors (Lipinski definition) is 1. The average Bonchev–Trinajstić information content (AvgIpc) is 3.10. The zero-order valence-corrected chi connectivity index (χ0v) is 22.8. The van der Waals surface area contributed by atoms with E-state index in [9.17, 15) is 22.8 Å². The van der Waals surface area contributed by atoms with Crippen molar-refractivity contribution in [2.75, 3.05) is 37.6 Å². The molecule has 0 bridgehead atoms. The van der Waals surface area contributed by atoms with Gasteiger partial charge in [-0.2, -0.15) is 0 Å². The molecule has 1 N–H and O–H groups in total. The fourth-order valence-electron chi connectivity index (χ4n) is 3.88. The normalized spacial score (nSPS) is 13.8. The molecular formula is C24H24Cl2N4O7S. The number of rotatable bonds is 7. The topological polar surface area (TPSA) is 129 Å². The Bertz CT molecular complexity index is 1550. The summed E-state index contributed by atoms with van der Waals surface area (Å²) in [5.74, 6) is -1.43. The molecule has 202 valence electrons. The minimum absolute atomic E-state index is 0.167. The van der Waals surface area contributed by atoms with Gasteiger partial charge >= 0.3 is 5.97 Å². The fourth-order valence-corrected chi connectivity index (χ4v) is 5.84. The molecule has 0 saturated carbocycles. The molecule has 2 aromatic carbocycles. The van der Waals surface area contributed by atoms with Crippen molar-refractivity contribution in [3.8, 4) is 5.69 Å². The lowest BCUT2D eigenvalue weighted by molar-refractivity contribution is -0.138. The van der Waals surface area contributed by atoms with Gasteiger partial charge in [-0.3, -0.25) is 19.0 Å². The van der Waals surface area contributed by atoms with Crippen LogP contribution in [-0.2, 0) is 31.3 Å². The van der Waals surface area contributed by atoms with E-state index in [0.29, 0.717) is 37.7 Å². The van der Waals surface area contributed by atoms with Gasteiger partial charge < -0.3 is 14.4 Å². The van der Waals surface area contributed by atoms with E-state index >= 15 is 0 Å². The molecule has 3 aromatic rings. The van der Waals surface area contributed by atoms with Gasteiger partial charge in [0.1, 0.15) is 10.6 Å². The van der Waals surface area contributed by atoms with Crippen molar-refractivity contribution in [2.45, 2.75) is 11.8 Å². The fraction of sp³-hybridized carbons (Fsp3) is 0.292. The molecule has 0 unspecified atom stereocenters. The third-order valence-electron chi connectivity index (χ3n) is 6.01. The second kappa shape index (κ2) is 11.2. The summed E-state index contributed by atoms with van der Waals surface area (Å²) < 4.78 is 42.0. The van der Waals surface area contributed by atoms with Crippen LogP contribution in [0, 0.1) is 6.92 Å². The molecule has 1 saturated heterocycles. The van der Waals surface area contributed by atoms with Crippen LogP contribution in [0.4, 0.5) is 5.69 Å². The number of nitrogens with one attached hydrogen (secondary N) is 1. The molecule has 38 heavy (non-hydrogen) atoms. The maximum Gasteiger partial charge on any atom is 0.340 e. The van der Waals surface area contributed by atoms with E-state index in [1.165, 1.54) is 14.3 Å². The number of carbonyl (C=O) groups excluding carboxylic acids is 2. The van der Waals surface area contributed by atoms with E-state index in [2.05, 4.69) is 4.72 Å². The number of aromatic nitrogens is 2. The number of benzene rings is 2. The predicted molar refractivity (Wildman–Crippen MR) is 141 cm³/mol. The lowest BCUT2D eigenvalue weighted by atomic mass is 10.2. The molecule has 0 atom stereocenters. The Morgan fingerprint density at radius 1 is 1.08 bits per heavy atom. The number of sulfonamides is 1. The minimum Gasteiger partial charge on any atom is -0.452 e. The second-order valence-corrected chi connectivity index (χ2v) is 10.8. The number of hydrogen-bond acceptors (Lipinski definition) is 7. The van der Waals surface area contributed by atoms with Gasteiger partial charge in [0, 0.05) is 20.1 Å². The van der Waals surface area contributed by atoms with Crippen LogP contribution in [0.3, 0.4) is 0 Å². The molecule has 0 aliphatic carbocycles. The summed E-state index contributed by atoms with van der Waals surface area (Å²) in [6, 6.07) is 10.7. The number of halogens is 2. The molecule has 11 nitrogen and oxygen atoms in total. The molecule has 1 amide bonds. The lowest BCUT2D eigenvalue weighted by Gasteiger charge is -2.26. The molecule has 0 spiro atoms. The first kappa shape index (κ1) is 27.7. The Balaban J connectivity index is 1.60. The molecule has 4 rings (SSSR count). The number of nitrogens with zero attached hydrogens (tertiary/aromatic N) is 3. The van der Waals surface area contributed by atoms with E-state index < -0.39 is 39.0 Å². The monoisotopic (exact) mass is 582 g/mol. The molecule has 1 aromatic heterocycles. The smallest absolute Gasteiger partial charge is 0.340 e. The summed E-state index contributed by atoms with van der Waals surface area (Å²) in [5, 5.41) is -0.444. The summed E-state index contributed by atoms with van der Waals surface area (Å²) in [6.45, 7) is 2.54. The highest BCUT2D eigenvalue weighted by atomic mass is 35.5. The molecule has 1 fully saturated rings. The maximum atomic E-state index is 13.3. The highest BCUT2D eigenvalue weighted by Gasteiger charge is 2.27.